The van der Waals surface area contributed by atoms with Gasteiger partial charge in [-0.05, 0) is 50.6 Å². The van der Waals surface area contributed by atoms with Crippen LogP contribution in [0.1, 0.15) is 49.5 Å². The second-order valence-electron chi connectivity index (χ2n) is 8.08. The van der Waals surface area contributed by atoms with Gasteiger partial charge in [-0.3, -0.25) is 4.79 Å². The van der Waals surface area contributed by atoms with E-state index in [1.807, 2.05) is 7.05 Å². The number of hydrogen-bond acceptors (Lipinski definition) is 7. The Bertz CT molecular complexity index is 682. The maximum atomic E-state index is 12.5. The fraction of sp³-hybridized carbons (Fsp3) is 0.650. The molecular formula is C20H32BN3O5. The first-order valence-corrected chi connectivity index (χ1v) is 10.5. The molecule has 1 aromatic rings. The van der Waals surface area contributed by atoms with E-state index in [0.717, 1.165) is 44.3 Å². The first-order valence-electron chi connectivity index (χ1n) is 10.5. The standard InChI is InChI=1S/C20H32BN3O5/c1-22-9-10-23-15-7-5-13(6-8-15)11-18(25)24-17-12-14-3-2-4-16(20(26)27)19(14)29-21(17)28/h2-4,13,15,17,20,22-23,26-28H,5-12H2,1H3,(H,24,25)/t13-,15-,17-/m0/s1. The van der Waals surface area contributed by atoms with Crippen molar-refractivity contribution >= 4 is 13.0 Å². The number of benzene rings is 1. The lowest BCUT2D eigenvalue weighted by Crippen LogP contribution is -2.53. The number of nitrogens with one attached hydrogen (secondary N) is 3. The van der Waals surface area contributed by atoms with Crippen LogP contribution >= 0.6 is 0 Å². The number of likely N-dealkylation sites (N-methyl/N-ethyl adjacent to an activating group) is 1. The topological polar surface area (TPSA) is 123 Å². The summed E-state index contributed by atoms with van der Waals surface area (Å²) < 4.78 is 5.50. The maximum absolute atomic E-state index is 12.5. The SMILES string of the molecule is CNCCN[C@H]1CC[C@H](CC(=O)N[C@H]2Cc3cccc(C(O)O)c3OB2O)CC1. The number of fused-ring (bicyclic) bond motifs is 1. The summed E-state index contributed by atoms with van der Waals surface area (Å²) in [4.78, 5) is 12.5. The Morgan fingerprint density at radius 3 is 2.69 bits per heavy atom. The third-order valence-electron chi connectivity index (χ3n) is 5.90. The Balaban J connectivity index is 1.47. The molecule has 1 aromatic carbocycles. The number of carbonyl (C=O) groups is 1. The van der Waals surface area contributed by atoms with Gasteiger partial charge in [0, 0.05) is 31.1 Å². The summed E-state index contributed by atoms with van der Waals surface area (Å²) in [5.74, 6) is 0.0127. The highest BCUT2D eigenvalue weighted by Gasteiger charge is 2.37. The summed E-state index contributed by atoms with van der Waals surface area (Å²) in [6.45, 7) is 1.92. The summed E-state index contributed by atoms with van der Waals surface area (Å²) in [5.41, 5.74) is 0.950. The van der Waals surface area contributed by atoms with E-state index >= 15 is 0 Å². The van der Waals surface area contributed by atoms with Crippen molar-refractivity contribution in [2.24, 2.45) is 5.92 Å². The first kappa shape index (κ1) is 22.0. The van der Waals surface area contributed by atoms with Gasteiger partial charge < -0.3 is 35.8 Å². The van der Waals surface area contributed by atoms with Crippen LogP contribution in [-0.4, -0.2) is 60.4 Å². The average molecular weight is 405 g/mol. The van der Waals surface area contributed by atoms with Crippen LogP contribution in [0.5, 0.6) is 5.75 Å². The minimum atomic E-state index is -1.67. The quantitative estimate of drug-likeness (QED) is 0.202. The molecule has 1 fully saturated rings. The summed E-state index contributed by atoms with van der Waals surface area (Å²) >= 11 is 0. The molecule has 0 aromatic heterocycles. The molecule has 3 rings (SSSR count). The molecule has 160 valence electrons. The Labute approximate surface area is 172 Å². The van der Waals surface area contributed by atoms with Crippen LogP contribution in [0.25, 0.3) is 0 Å². The number of rotatable bonds is 8. The van der Waals surface area contributed by atoms with Crippen molar-refractivity contribution in [1.82, 2.24) is 16.0 Å². The highest BCUT2D eigenvalue weighted by Crippen LogP contribution is 2.33. The van der Waals surface area contributed by atoms with Crippen LogP contribution in [0, 0.1) is 5.92 Å². The van der Waals surface area contributed by atoms with Gasteiger partial charge in [0.2, 0.25) is 5.91 Å². The lowest BCUT2D eigenvalue weighted by molar-refractivity contribution is -0.122. The van der Waals surface area contributed by atoms with Crippen molar-refractivity contribution in [2.75, 3.05) is 20.1 Å². The molecule has 0 saturated heterocycles. The zero-order valence-electron chi connectivity index (χ0n) is 16.9. The van der Waals surface area contributed by atoms with E-state index in [4.69, 9.17) is 4.65 Å². The van der Waals surface area contributed by atoms with Crippen molar-refractivity contribution in [3.8, 4) is 5.75 Å². The molecule has 9 heteroatoms. The van der Waals surface area contributed by atoms with Crippen molar-refractivity contribution in [3.05, 3.63) is 29.3 Å². The van der Waals surface area contributed by atoms with Crippen molar-refractivity contribution in [3.63, 3.8) is 0 Å². The monoisotopic (exact) mass is 405 g/mol. The molecule has 1 aliphatic carbocycles. The van der Waals surface area contributed by atoms with E-state index in [-0.39, 0.29) is 17.2 Å². The molecule has 2 aliphatic rings. The Morgan fingerprint density at radius 1 is 1.24 bits per heavy atom. The van der Waals surface area contributed by atoms with Crippen LogP contribution in [0.3, 0.4) is 0 Å². The third kappa shape index (κ3) is 5.93. The Morgan fingerprint density at radius 2 is 2.00 bits per heavy atom. The normalized spacial score (nSPS) is 24.2. The maximum Gasteiger partial charge on any atom is 0.547 e. The lowest BCUT2D eigenvalue weighted by atomic mass is 9.72. The van der Waals surface area contributed by atoms with Crippen LogP contribution in [0.4, 0.5) is 0 Å². The van der Waals surface area contributed by atoms with Crippen molar-refractivity contribution in [2.45, 2.75) is 56.8 Å². The van der Waals surface area contributed by atoms with Gasteiger partial charge in [-0.25, -0.2) is 0 Å². The number of carbonyl (C=O) groups excluding carboxylic acids is 1. The molecule has 1 heterocycles. The fourth-order valence-electron chi connectivity index (χ4n) is 4.28. The number of aliphatic hydroxyl groups excluding tert-OH is 1. The summed E-state index contributed by atoms with van der Waals surface area (Å²) in [6.07, 6.45) is 3.36. The molecule has 1 aliphatic heterocycles. The minimum absolute atomic E-state index is 0.0777. The number of amides is 1. The molecule has 1 amide bonds. The molecular weight excluding hydrogens is 373 g/mol. The van der Waals surface area contributed by atoms with E-state index in [9.17, 15) is 20.0 Å². The fourth-order valence-corrected chi connectivity index (χ4v) is 4.28. The zero-order chi connectivity index (χ0) is 20.8. The van der Waals surface area contributed by atoms with Crippen LogP contribution < -0.4 is 20.6 Å². The third-order valence-corrected chi connectivity index (χ3v) is 5.90. The molecule has 0 spiro atoms. The van der Waals surface area contributed by atoms with Gasteiger partial charge in [0.05, 0.1) is 5.94 Å². The molecule has 0 bridgehead atoms. The summed E-state index contributed by atoms with van der Waals surface area (Å²) in [6, 6.07) is 5.58. The van der Waals surface area contributed by atoms with E-state index in [0.29, 0.717) is 24.8 Å². The van der Waals surface area contributed by atoms with Gasteiger partial charge in [-0.15, -0.1) is 0 Å². The van der Waals surface area contributed by atoms with Gasteiger partial charge in [-0.2, -0.15) is 0 Å². The van der Waals surface area contributed by atoms with Gasteiger partial charge >= 0.3 is 7.12 Å². The van der Waals surface area contributed by atoms with Gasteiger partial charge in [0.15, 0.2) is 6.29 Å². The zero-order valence-corrected chi connectivity index (χ0v) is 16.9. The number of hydrogen-bond donors (Lipinski definition) is 6. The van der Waals surface area contributed by atoms with Crippen LogP contribution in [-0.2, 0) is 11.2 Å². The van der Waals surface area contributed by atoms with E-state index in [1.54, 1.807) is 18.2 Å². The second kappa shape index (κ2) is 10.4. The minimum Gasteiger partial charge on any atom is -0.534 e. The smallest absolute Gasteiger partial charge is 0.534 e. The molecule has 8 nitrogen and oxygen atoms in total. The van der Waals surface area contributed by atoms with E-state index in [1.165, 1.54) is 0 Å². The van der Waals surface area contributed by atoms with Crippen molar-refractivity contribution < 1.29 is 24.7 Å². The van der Waals surface area contributed by atoms with Crippen LogP contribution in [0.2, 0.25) is 0 Å². The molecule has 0 unspecified atom stereocenters. The molecule has 1 atom stereocenters. The van der Waals surface area contributed by atoms with Gasteiger partial charge in [0.1, 0.15) is 5.75 Å². The lowest BCUT2D eigenvalue weighted by Gasteiger charge is -2.31. The highest BCUT2D eigenvalue weighted by molar-refractivity contribution is 6.46. The highest BCUT2D eigenvalue weighted by atomic mass is 16.5. The second-order valence-corrected chi connectivity index (χ2v) is 8.08. The van der Waals surface area contributed by atoms with Gasteiger partial charge in [-0.1, -0.05) is 18.2 Å². The predicted octanol–water partition coefficient (Wildman–Crippen LogP) is -0.133. The average Bonchev–Trinajstić information content (AvgIpc) is 2.69. The van der Waals surface area contributed by atoms with Crippen molar-refractivity contribution in [1.29, 1.82) is 0 Å². The van der Waals surface area contributed by atoms with E-state index in [2.05, 4.69) is 16.0 Å². The molecule has 6 N–H and O–H groups in total. The van der Waals surface area contributed by atoms with Gasteiger partial charge in [0.25, 0.3) is 0 Å². The van der Waals surface area contributed by atoms with E-state index < -0.39 is 19.3 Å². The largest absolute Gasteiger partial charge is 0.547 e. The first-order chi connectivity index (χ1) is 14.0. The summed E-state index contributed by atoms with van der Waals surface area (Å²) in [7, 11) is 0.720. The number of para-hydroxylation sites is 1. The predicted molar refractivity (Wildman–Crippen MR) is 110 cm³/mol. The number of aliphatic hydroxyl groups is 2. The molecule has 1 saturated carbocycles. The molecule has 29 heavy (non-hydrogen) atoms. The molecule has 0 radical (unpaired) electrons. The Kier molecular flexibility index (Phi) is 7.91. The summed E-state index contributed by atoms with van der Waals surface area (Å²) in [5, 5.41) is 38.8. The Hall–Kier alpha value is -1.65. The van der Waals surface area contributed by atoms with Crippen LogP contribution in [0.15, 0.2) is 18.2 Å².